The number of carboxylic acid groups (broad SMARTS) is 1. The highest BCUT2D eigenvalue weighted by atomic mass is 16.4. The molecule has 1 unspecified atom stereocenters. The van der Waals surface area contributed by atoms with Crippen molar-refractivity contribution in [2.75, 3.05) is 6.54 Å². The van der Waals surface area contributed by atoms with E-state index in [1.54, 1.807) is 0 Å². The van der Waals surface area contributed by atoms with Gasteiger partial charge < -0.3 is 5.11 Å². The van der Waals surface area contributed by atoms with Crippen LogP contribution < -0.4 is 5.32 Å². The number of aliphatic carboxylic acids is 1. The molecule has 3 heteroatoms. The van der Waals surface area contributed by atoms with Crippen molar-refractivity contribution < 1.29 is 9.90 Å². The first-order chi connectivity index (χ1) is 8.60. The molecule has 0 bridgehead atoms. The van der Waals surface area contributed by atoms with Crippen molar-refractivity contribution in [3.8, 4) is 12.3 Å². The lowest BCUT2D eigenvalue weighted by Crippen LogP contribution is -2.49. The van der Waals surface area contributed by atoms with E-state index < -0.39 is 11.5 Å². The molecular weight excluding hydrogens is 226 g/mol. The zero-order chi connectivity index (χ0) is 13.6. The molecule has 0 radical (unpaired) electrons. The van der Waals surface area contributed by atoms with E-state index in [0.717, 1.165) is 12.0 Å². The van der Waals surface area contributed by atoms with Crippen LogP contribution in [0.4, 0.5) is 0 Å². The van der Waals surface area contributed by atoms with Gasteiger partial charge in [0.1, 0.15) is 5.54 Å². The first-order valence-corrected chi connectivity index (χ1v) is 6.12. The fraction of sp³-hybridized carbons (Fsp3) is 0.400. The molecule has 1 aromatic rings. The summed E-state index contributed by atoms with van der Waals surface area (Å²) in [4.78, 5) is 11.6. The highest BCUT2D eigenvalue weighted by Gasteiger charge is 2.37. The SMILES string of the molecule is C#CCNC(CC)(C(=O)O)c1ccc(CC)cc1. The Bertz CT molecular complexity index is 445. The standard InChI is InChI=1S/C15H19NO2/c1-4-11-16-15(6-3,14(17)18)13-9-7-12(5-2)8-10-13/h1,7-10,16H,5-6,11H2,2-3H3,(H,17,18). The van der Waals surface area contributed by atoms with Gasteiger partial charge in [-0.05, 0) is 24.0 Å². The van der Waals surface area contributed by atoms with E-state index >= 15 is 0 Å². The number of carbonyl (C=O) groups is 1. The summed E-state index contributed by atoms with van der Waals surface area (Å²) < 4.78 is 0. The van der Waals surface area contributed by atoms with E-state index in [0.29, 0.717) is 6.42 Å². The minimum Gasteiger partial charge on any atom is -0.480 e. The van der Waals surface area contributed by atoms with Crippen LogP contribution in [0, 0.1) is 12.3 Å². The van der Waals surface area contributed by atoms with Crippen molar-refractivity contribution in [2.45, 2.75) is 32.2 Å². The molecule has 0 heterocycles. The summed E-state index contributed by atoms with van der Waals surface area (Å²) in [5.41, 5.74) is 0.828. The molecule has 0 aliphatic carbocycles. The molecule has 0 aliphatic rings. The lowest BCUT2D eigenvalue weighted by atomic mass is 9.86. The van der Waals surface area contributed by atoms with Crippen LogP contribution in [0.25, 0.3) is 0 Å². The van der Waals surface area contributed by atoms with Crippen molar-refractivity contribution >= 4 is 5.97 Å². The third-order valence-corrected chi connectivity index (χ3v) is 3.24. The maximum absolute atomic E-state index is 11.6. The van der Waals surface area contributed by atoms with Crippen molar-refractivity contribution in [1.82, 2.24) is 5.32 Å². The Kier molecular flexibility index (Phi) is 4.94. The summed E-state index contributed by atoms with van der Waals surface area (Å²) in [6.07, 6.45) is 6.58. The summed E-state index contributed by atoms with van der Waals surface area (Å²) in [5, 5.41) is 12.4. The van der Waals surface area contributed by atoms with Gasteiger partial charge in [0.05, 0.1) is 6.54 Å². The van der Waals surface area contributed by atoms with E-state index in [2.05, 4.69) is 18.2 Å². The van der Waals surface area contributed by atoms with Gasteiger partial charge >= 0.3 is 5.97 Å². The largest absolute Gasteiger partial charge is 0.480 e. The molecule has 96 valence electrons. The Balaban J connectivity index is 3.15. The first-order valence-electron chi connectivity index (χ1n) is 6.12. The minimum atomic E-state index is -1.10. The number of aryl methyl sites for hydroxylation is 1. The van der Waals surface area contributed by atoms with Gasteiger partial charge in [0.15, 0.2) is 0 Å². The Morgan fingerprint density at radius 1 is 1.39 bits per heavy atom. The second kappa shape index (κ2) is 6.23. The molecule has 1 aromatic carbocycles. The Hall–Kier alpha value is -1.79. The molecule has 1 rings (SSSR count). The van der Waals surface area contributed by atoms with Crippen molar-refractivity contribution in [1.29, 1.82) is 0 Å². The molecular formula is C15H19NO2. The summed E-state index contributed by atoms with van der Waals surface area (Å²) >= 11 is 0. The molecule has 0 amide bonds. The number of terminal acetylenes is 1. The highest BCUT2D eigenvalue weighted by molar-refractivity contribution is 5.80. The van der Waals surface area contributed by atoms with Crippen molar-refractivity contribution in [2.24, 2.45) is 0 Å². The second-order valence-electron chi connectivity index (χ2n) is 4.17. The Morgan fingerprint density at radius 2 is 2.00 bits per heavy atom. The predicted molar refractivity (Wildman–Crippen MR) is 72.3 cm³/mol. The normalized spacial score (nSPS) is 13.6. The van der Waals surface area contributed by atoms with Crippen LogP contribution in [0.2, 0.25) is 0 Å². The third kappa shape index (κ3) is 2.72. The molecule has 0 aliphatic heterocycles. The van der Waals surface area contributed by atoms with Gasteiger partial charge in [-0.15, -0.1) is 6.42 Å². The summed E-state index contributed by atoms with van der Waals surface area (Å²) in [6, 6.07) is 7.64. The number of benzene rings is 1. The first kappa shape index (κ1) is 14.3. The fourth-order valence-electron chi connectivity index (χ4n) is 2.01. The summed E-state index contributed by atoms with van der Waals surface area (Å²) in [5.74, 6) is 1.53. The third-order valence-electron chi connectivity index (χ3n) is 3.24. The Labute approximate surface area is 108 Å². The number of hydrogen-bond donors (Lipinski definition) is 2. The Morgan fingerprint density at radius 3 is 2.39 bits per heavy atom. The smallest absolute Gasteiger partial charge is 0.328 e. The molecule has 0 spiro atoms. The van der Waals surface area contributed by atoms with E-state index in [1.807, 2.05) is 31.2 Å². The number of hydrogen-bond acceptors (Lipinski definition) is 2. The topological polar surface area (TPSA) is 49.3 Å². The summed E-state index contributed by atoms with van der Waals surface area (Å²) in [7, 11) is 0. The van der Waals surface area contributed by atoms with Crippen molar-refractivity contribution in [3.63, 3.8) is 0 Å². The number of rotatable bonds is 6. The average molecular weight is 245 g/mol. The molecule has 0 saturated heterocycles. The number of nitrogens with one attached hydrogen (secondary N) is 1. The molecule has 0 saturated carbocycles. The van der Waals surface area contributed by atoms with E-state index in [9.17, 15) is 9.90 Å². The van der Waals surface area contributed by atoms with Crippen molar-refractivity contribution in [3.05, 3.63) is 35.4 Å². The van der Waals surface area contributed by atoms with Gasteiger partial charge in [0.25, 0.3) is 0 Å². The van der Waals surface area contributed by atoms with Gasteiger partial charge in [-0.1, -0.05) is 44.0 Å². The highest BCUT2D eigenvalue weighted by Crippen LogP contribution is 2.26. The maximum atomic E-state index is 11.6. The van der Waals surface area contributed by atoms with Gasteiger partial charge in [-0.3, -0.25) is 5.32 Å². The van der Waals surface area contributed by atoms with E-state index in [-0.39, 0.29) is 6.54 Å². The molecule has 0 fully saturated rings. The maximum Gasteiger partial charge on any atom is 0.328 e. The molecule has 3 nitrogen and oxygen atoms in total. The minimum absolute atomic E-state index is 0.232. The van der Waals surface area contributed by atoms with Gasteiger partial charge in [-0.25, -0.2) is 4.79 Å². The fourth-order valence-corrected chi connectivity index (χ4v) is 2.01. The average Bonchev–Trinajstić information content (AvgIpc) is 2.40. The second-order valence-corrected chi connectivity index (χ2v) is 4.17. The van der Waals surface area contributed by atoms with Crippen LogP contribution >= 0.6 is 0 Å². The van der Waals surface area contributed by atoms with Crippen LogP contribution in [-0.2, 0) is 16.8 Å². The lowest BCUT2D eigenvalue weighted by Gasteiger charge is -2.29. The predicted octanol–water partition coefficient (Wildman–Crippen LogP) is 2.16. The van der Waals surface area contributed by atoms with E-state index in [4.69, 9.17) is 6.42 Å². The molecule has 18 heavy (non-hydrogen) atoms. The lowest BCUT2D eigenvalue weighted by molar-refractivity contribution is -0.145. The zero-order valence-corrected chi connectivity index (χ0v) is 10.9. The van der Waals surface area contributed by atoms with Gasteiger partial charge in [0, 0.05) is 0 Å². The molecule has 2 N–H and O–H groups in total. The molecule has 0 aromatic heterocycles. The van der Waals surface area contributed by atoms with Crippen LogP contribution in [0.3, 0.4) is 0 Å². The number of carboxylic acids is 1. The van der Waals surface area contributed by atoms with E-state index in [1.165, 1.54) is 5.56 Å². The van der Waals surface area contributed by atoms with Crippen LogP contribution in [0.1, 0.15) is 31.4 Å². The zero-order valence-electron chi connectivity index (χ0n) is 10.9. The van der Waals surface area contributed by atoms with Gasteiger partial charge in [-0.2, -0.15) is 0 Å². The van der Waals surface area contributed by atoms with Gasteiger partial charge in [0.2, 0.25) is 0 Å². The quantitative estimate of drug-likeness (QED) is 0.755. The van der Waals surface area contributed by atoms with Crippen LogP contribution in [-0.4, -0.2) is 17.6 Å². The monoisotopic (exact) mass is 245 g/mol. The van der Waals surface area contributed by atoms with Crippen LogP contribution in [0.5, 0.6) is 0 Å². The van der Waals surface area contributed by atoms with Crippen LogP contribution in [0.15, 0.2) is 24.3 Å². The summed E-state index contributed by atoms with van der Waals surface area (Å²) in [6.45, 7) is 4.14. The molecule has 1 atom stereocenters.